The normalized spacial score (nSPS) is 25.2. The number of halogens is 1. The lowest BCUT2D eigenvalue weighted by Crippen LogP contribution is -2.57. The van der Waals surface area contributed by atoms with Crippen LogP contribution in [0.3, 0.4) is 0 Å². The Balaban J connectivity index is 1.67. The zero-order valence-electron chi connectivity index (χ0n) is 20.7. The number of aldehydes is 1. The number of nitrogens with one attached hydrogen (secondary N) is 1. The molecule has 1 aromatic rings. The Labute approximate surface area is 229 Å². The lowest BCUT2D eigenvalue weighted by atomic mass is 9.87. The molecule has 1 aliphatic heterocycles. The van der Waals surface area contributed by atoms with Crippen LogP contribution < -0.4 is 14.8 Å². The predicted molar refractivity (Wildman–Crippen MR) is 142 cm³/mol. The topological polar surface area (TPSA) is 135 Å². The van der Waals surface area contributed by atoms with Gasteiger partial charge in [0.25, 0.3) is 0 Å². The van der Waals surface area contributed by atoms with Crippen LogP contribution in [0.5, 0.6) is 11.5 Å². The number of hydrogen-bond acceptors (Lipinski definition) is 8. The highest BCUT2D eigenvalue weighted by atomic mass is 127. The number of carbonyl (C=O) groups is 3. The van der Waals surface area contributed by atoms with Crippen molar-refractivity contribution in [2.24, 2.45) is 5.92 Å². The third-order valence-corrected chi connectivity index (χ3v) is 7.69. The number of carbonyl (C=O) groups excluding carboxylic acids is 3. The van der Waals surface area contributed by atoms with Crippen molar-refractivity contribution in [3.8, 4) is 11.5 Å². The first-order valence-electron chi connectivity index (χ1n) is 12.6. The van der Waals surface area contributed by atoms with Crippen LogP contribution in [-0.4, -0.2) is 91.0 Å². The molecule has 202 valence electrons. The lowest BCUT2D eigenvalue weighted by molar-refractivity contribution is -0.142. The quantitative estimate of drug-likeness (QED) is 0.248. The minimum absolute atomic E-state index is 0.0437. The summed E-state index contributed by atoms with van der Waals surface area (Å²) in [6.45, 7) is 0.840. The average Bonchev–Trinajstić information content (AvgIpc) is 3.63. The number of methoxy groups -OCH3 is 1. The van der Waals surface area contributed by atoms with Crippen LogP contribution in [0.15, 0.2) is 23.8 Å². The molecule has 1 saturated heterocycles. The summed E-state index contributed by atoms with van der Waals surface area (Å²) in [4.78, 5) is 39.3. The number of hydrogen-bond donors (Lipinski definition) is 3. The fourth-order valence-corrected chi connectivity index (χ4v) is 5.55. The van der Waals surface area contributed by atoms with Crippen LogP contribution in [0, 0.1) is 9.49 Å². The molecule has 4 rings (SSSR count). The average molecular weight is 628 g/mol. The van der Waals surface area contributed by atoms with Gasteiger partial charge in [-0.05, 0) is 66.5 Å². The fraction of sp³-hybridized carbons (Fsp3) is 0.577. The summed E-state index contributed by atoms with van der Waals surface area (Å²) in [5.74, 6) is 0.117. The van der Waals surface area contributed by atoms with Crippen LogP contribution >= 0.6 is 22.6 Å². The molecule has 0 unspecified atom stereocenters. The van der Waals surface area contributed by atoms with Gasteiger partial charge in [-0.1, -0.05) is 0 Å². The van der Waals surface area contributed by atoms with E-state index < -0.39 is 24.2 Å². The van der Waals surface area contributed by atoms with E-state index in [4.69, 9.17) is 19.3 Å². The van der Waals surface area contributed by atoms with Gasteiger partial charge in [-0.3, -0.25) is 14.4 Å². The predicted octanol–water partition coefficient (Wildman–Crippen LogP) is 1.45. The van der Waals surface area contributed by atoms with Gasteiger partial charge in [0.15, 0.2) is 11.5 Å². The molecule has 0 spiro atoms. The first kappa shape index (κ1) is 27.8. The van der Waals surface area contributed by atoms with E-state index in [1.54, 1.807) is 17.0 Å². The second-order valence-electron chi connectivity index (χ2n) is 9.57. The molecule has 1 aromatic carbocycles. The standard InChI is InChI=1S/C26H33IN2O8/c1-35-22-10-15(14-31)9-19(27)24(22)37-21-12-17(25(33)28-6-7-30)11-20(23(21)32)29(26(34)16-4-5-16)13-18-3-2-8-36-18/h9-10,12,14,16,18,20-21,23,30,32H,2-8,11,13H2,1H3,(H,28,33)/t18-,20-,21+,23+/m1/s1. The minimum Gasteiger partial charge on any atom is -0.493 e. The Morgan fingerprint density at radius 1 is 1.30 bits per heavy atom. The van der Waals surface area contributed by atoms with Crippen molar-refractivity contribution < 1.29 is 38.8 Å². The number of ether oxygens (including phenoxy) is 3. The summed E-state index contributed by atoms with van der Waals surface area (Å²) in [7, 11) is 1.45. The number of amides is 2. The number of benzene rings is 1. The molecule has 2 fully saturated rings. The van der Waals surface area contributed by atoms with Gasteiger partial charge in [0.05, 0.1) is 29.4 Å². The van der Waals surface area contributed by atoms with Crippen molar-refractivity contribution in [1.82, 2.24) is 10.2 Å². The molecule has 11 heteroatoms. The first-order chi connectivity index (χ1) is 17.9. The first-order valence-corrected chi connectivity index (χ1v) is 13.6. The van der Waals surface area contributed by atoms with Crippen LogP contribution in [0.1, 0.15) is 42.5 Å². The Morgan fingerprint density at radius 2 is 2.08 bits per heavy atom. The van der Waals surface area contributed by atoms with Crippen molar-refractivity contribution in [1.29, 1.82) is 0 Å². The molecule has 37 heavy (non-hydrogen) atoms. The molecule has 1 saturated carbocycles. The van der Waals surface area contributed by atoms with E-state index in [1.165, 1.54) is 13.2 Å². The van der Waals surface area contributed by atoms with Gasteiger partial charge < -0.3 is 34.6 Å². The molecule has 0 aromatic heterocycles. The molecule has 2 amide bonds. The highest BCUT2D eigenvalue weighted by Crippen LogP contribution is 2.38. The van der Waals surface area contributed by atoms with Gasteiger partial charge in [-0.2, -0.15) is 0 Å². The van der Waals surface area contributed by atoms with Gasteiger partial charge in [0.2, 0.25) is 11.8 Å². The second kappa shape index (κ2) is 12.5. The van der Waals surface area contributed by atoms with Crippen molar-refractivity contribution in [2.45, 2.75) is 56.5 Å². The monoisotopic (exact) mass is 628 g/mol. The Bertz CT molecular complexity index is 1040. The Hall–Kier alpha value is -2.22. The van der Waals surface area contributed by atoms with E-state index in [1.807, 2.05) is 22.6 Å². The summed E-state index contributed by atoms with van der Waals surface area (Å²) in [5.41, 5.74) is 0.765. The van der Waals surface area contributed by atoms with Crippen molar-refractivity contribution in [2.75, 3.05) is 33.4 Å². The van der Waals surface area contributed by atoms with E-state index in [9.17, 15) is 19.5 Å². The summed E-state index contributed by atoms with van der Waals surface area (Å²) in [5, 5.41) is 23.4. The van der Waals surface area contributed by atoms with E-state index in [0.29, 0.717) is 45.6 Å². The third kappa shape index (κ3) is 6.62. The molecule has 2 aliphatic carbocycles. The van der Waals surface area contributed by atoms with Gasteiger partial charge >= 0.3 is 0 Å². The summed E-state index contributed by atoms with van der Waals surface area (Å²) in [6.07, 6.45) is 3.53. The maximum Gasteiger partial charge on any atom is 0.247 e. The van der Waals surface area contributed by atoms with Crippen LogP contribution in [0.4, 0.5) is 0 Å². The molecule has 0 radical (unpaired) electrons. The molecule has 3 aliphatic rings. The van der Waals surface area contributed by atoms with Gasteiger partial charge in [-0.15, -0.1) is 0 Å². The molecule has 0 bridgehead atoms. The fourth-order valence-electron chi connectivity index (χ4n) is 4.80. The highest BCUT2D eigenvalue weighted by Gasteiger charge is 2.45. The summed E-state index contributed by atoms with van der Waals surface area (Å²) >= 11 is 2.02. The van der Waals surface area contributed by atoms with Crippen molar-refractivity contribution in [3.05, 3.63) is 32.9 Å². The Kier molecular flexibility index (Phi) is 9.43. The summed E-state index contributed by atoms with van der Waals surface area (Å²) in [6, 6.07) is 2.47. The van der Waals surface area contributed by atoms with E-state index in [0.717, 1.165) is 25.7 Å². The van der Waals surface area contributed by atoms with Gasteiger partial charge in [-0.25, -0.2) is 0 Å². The van der Waals surface area contributed by atoms with Gasteiger partial charge in [0, 0.05) is 43.2 Å². The summed E-state index contributed by atoms with van der Waals surface area (Å²) < 4.78 is 18.1. The van der Waals surface area contributed by atoms with Crippen LogP contribution in [-0.2, 0) is 14.3 Å². The van der Waals surface area contributed by atoms with E-state index >= 15 is 0 Å². The van der Waals surface area contributed by atoms with Crippen LogP contribution in [0.25, 0.3) is 0 Å². The molecule has 4 atom stereocenters. The maximum atomic E-state index is 13.4. The number of nitrogens with zero attached hydrogens (tertiary/aromatic N) is 1. The van der Waals surface area contributed by atoms with E-state index in [2.05, 4.69) is 5.32 Å². The maximum absolute atomic E-state index is 13.4. The molecule has 10 nitrogen and oxygen atoms in total. The molecular formula is C26H33IN2O8. The van der Waals surface area contributed by atoms with Crippen molar-refractivity contribution in [3.63, 3.8) is 0 Å². The second-order valence-corrected chi connectivity index (χ2v) is 10.7. The Morgan fingerprint density at radius 3 is 2.70 bits per heavy atom. The molecular weight excluding hydrogens is 595 g/mol. The SMILES string of the molecule is COc1cc(C=O)cc(I)c1O[C@H]1C=C(C(=O)NCCO)C[C@@H](N(C[C@H]2CCCO2)C(=O)C2CC2)[C@@H]1O. The van der Waals surface area contributed by atoms with Gasteiger partial charge in [0.1, 0.15) is 18.5 Å². The zero-order chi connectivity index (χ0) is 26.5. The number of rotatable bonds is 11. The number of aliphatic hydroxyl groups is 2. The lowest BCUT2D eigenvalue weighted by Gasteiger charge is -2.41. The van der Waals surface area contributed by atoms with Crippen molar-refractivity contribution >= 4 is 40.7 Å². The molecule has 1 heterocycles. The smallest absolute Gasteiger partial charge is 0.247 e. The van der Waals surface area contributed by atoms with E-state index in [-0.39, 0.29) is 37.5 Å². The largest absolute Gasteiger partial charge is 0.493 e. The zero-order valence-corrected chi connectivity index (χ0v) is 22.9. The highest BCUT2D eigenvalue weighted by molar-refractivity contribution is 14.1. The minimum atomic E-state index is -1.13. The number of aliphatic hydroxyl groups excluding tert-OH is 2. The third-order valence-electron chi connectivity index (χ3n) is 6.89. The molecule has 3 N–H and O–H groups in total. The van der Waals surface area contributed by atoms with Crippen LogP contribution in [0.2, 0.25) is 0 Å².